The van der Waals surface area contributed by atoms with Crippen LogP contribution in [-0.4, -0.2) is 15.9 Å². The van der Waals surface area contributed by atoms with E-state index in [0.717, 1.165) is 26.6 Å². The van der Waals surface area contributed by atoms with Crippen molar-refractivity contribution >= 4 is 38.4 Å². The topological polar surface area (TPSA) is 54.9 Å². The van der Waals surface area contributed by atoms with Crippen molar-refractivity contribution in [3.8, 4) is 11.3 Å². The molecule has 5 heteroatoms. The Morgan fingerprint density at radius 3 is 2.58 bits per heavy atom. The molecule has 26 heavy (non-hydrogen) atoms. The minimum Gasteiger partial charge on any atom is -0.321 e. The molecule has 0 aliphatic carbocycles. The summed E-state index contributed by atoms with van der Waals surface area (Å²) in [6, 6.07) is 20.8. The van der Waals surface area contributed by atoms with Gasteiger partial charge in [-0.1, -0.05) is 30.3 Å². The fraction of sp³-hybridized carbons (Fsp3) is 0. The number of benzene rings is 2. The highest BCUT2D eigenvalue weighted by Gasteiger charge is 2.15. The largest absolute Gasteiger partial charge is 0.321 e. The van der Waals surface area contributed by atoms with E-state index in [1.54, 1.807) is 12.4 Å². The van der Waals surface area contributed by atoms with E-state index in [2.05, 4.69) is 31.2 Å². The molecule has 4 aromatic rings. The molecule has 2 heterocycles. The average molecular weight is 404 g/mol. The maximum absolute atomic E-state index is 13.0. The van der Waals surface area contributed by atoms with Crippen molar-refractivity contribution in [3.05, 3.63) is 89.2 Å². The molecule has 0 unspecified atom stereocenters. The third-order valence-electron chi connectivity index (χ3n) is 4.04. The average Bonchev–Trinajstić information content (AvgIpc) is 2.69. The van der Waals surface area contributed by atoms with E-state index >= 15 is 0 Å². The first-order chi connectivity index (χ1) is 12.7. The Bertz CT molecular complexity index is 1100. The van der Waals surface area contributed by atoms with E-state index in [0.29, 0.717) is 11.3 Å². The van der Waals surface area contributed by atoms with E-state index in [9.17, 15) is 4.79 Å². The first kappa shape index (κ1) is 16.4. The summed E-state index contributed by atoms with van der Waals surface area (Å²) in [4.78, 5) is 21.8. The second-order valence-electron chi connectivity index (χ2n) is 5.75. The summed E-state index contributed by atoms with van der Waals surface area (Å²) < 4.78 is 0.833. The summed E-state index contributed by atoms with van der Waals surface area (Å²) >= 11 is 3.46. The van der Waals surface area contributed by atoms with Gasteiger partial charge in [-0.3, -0.25) is 9.78 Å². The van der Waals surface area contributed by atoms with Gasteiger partial charge in [0.25, 0.3) is 5.91 Å². The Kier molecular flexibility index (Phi) is 4.46. The number of amides is 1. The second kappa shape index (κ2) is 7.06. The maximum Gasteiger partial charge on any atom is 0.256 e. The lowest BCUT2D eigenvalue weighted by Crippen LogP contribution is -2.13. The molecule has 0 aliphatic heterocycles. The molecule has 0 radical (unpaired) electrons. The summed E-state index contributed by atoms with van der Waals surface area (Å²) in [5, 5.41) is 3.78. The molecule has 0 saturated carbocycles. The number of carbonyl (C=O) groups excluding carboxylic acids is 1. The summed E-state index contributed by atoms with van der Waals surface area (Å²) in [6.45, 7) is 0. The van der Waals surface area contributed by atoms with Crippen LogP contribution in [0, 0.1) is 0 Å². The van der Waals surface area contributed by atoms with Gasteiger partial charge in [-0.25, -0.2) is 4.98 Å². The number of carbonyl (C=O) groups is 1. The van der Waals surface area contributed by atoms with Crippen LogP contribution in [0.4, 0.5) is 5.69 Å². The number of rotatable bonds is 3. The first-order valence-corrected chi connectivity index (χ1v) is 8.88. The van der Waals surface area contributed by atoms with Crippen molar-refractivity contribution in [1.82, 2.24) is 9.97 Å². The summed E-state index contributed by atoms with van der Waals surface area (Å²) in [7, 11) is 0. The summed E-state index contributed by atoms with van der Waals surface area (Å²) in [6.07, 6.45) is 3.46. The standard InChI is InChI=1S/C21H14BrN3O/c22-17-8-2-4-10-19(17)25-21(26)16-12-20(14-6-5-11-23-13-14)24-18-9-3-1-7-15(16)18/h1-13H,(H,25,26). The SMILES string of the molecule is O=C(Nc1ccccc1Br)c1cc(-c2cccnc2)nc2ccccc12. The van der Waals surface area contributed by atoms with Gasteiger partial charge in [0, 0.05) is 27.8 Å². The number of fused-ring (bicyclic) bond motifs is 1. The van der Waals surface area contributed by atoms with Crippen LogP contribution >= 0.6 is 15.9 Å². The number of anilines is 1. The van der Waals surface area contributed by atoms with Crippen molar-refractivity contribution in [1.29, 1.82) is 0 Å². The summed E-state index contributed by atoms with van der Waals surface area (Å²) in [5.41, 5.74) is 3.65. The van der Waals surface area contributed by atoms with Crippen LogP contribution in [0.2, 0.25) is 0 Å². The number of hydrogen-bond acceptors (Lipinski definition) is 3. The Hall–Kier alpha value is -3.05. The van der Waals surface area contributed by atoms with E-state index in [1.165, 1.54) is 0 Å². The van der Waals surface area contributed by atoms with Crippen molar-refractivity contribution in [3.63, 3.8) is 0 Å². The fourth-order valence-electron chi connectivity index (χ4n) is 2.78. The van der Waals surface area contributed by atoms with Gasteiger partial charge in [0.15, 0.2) is 0 Å². The first-order valence-electron chi connectivity index (χ1n) is 8.08. The van der Waals surface area contributed by atoms with Gasteiger partial charge < -0.3 is 5.32 Å². The van der Waals surface area contributed by atoms with Crippen LogP contribution in [0.1, 0.15) is 10.4 Å². The molecule has 4 nitrogen and oxygen atoms in total. The Labute approximate surface area is 159 Å². The van der Waals surface area contributed by atoms with Crippen molar-refractivity contribution in [2.24, 2.45) is 0 Å². The molecule has 126 valence electrons. The van der Waals surface area contributed by atoms with Gasteiger partial charge in [0.05, 0.1) is 22.5 Å². The maximum atomic E-state index is 13.0. The van der Waals surface area contributed by atoms with E-state index in [1.807, 2.05) is 66.7 Å². The third-order valence-corrected chi connectivity index (χ3v) is 4.73. The predicted molar refractivity (Wildman–Crippen MR) is 107 cm³/mol. The minimum absolute atomic E-state index is 0.180. The molecule has 0 fully saturated rings. The highest BCUT2D eigenvalue weighted by molar-refractivity contribution is 9.10. The van der Waals surface area contributed by atoms with Crippen LogP contribution in [0.5, 0.6) is 0 Å². The zero-order chi connectivity index (χ0) is 17.9. The lowest BCUT2D eigenvalue weighted by Gasteiger charge is -2.11. The Balaban J connectivity index is 1.83. The highest BCUT2D eigenvalue weighted by Crippen LogP contribution is 2.27. The highest BCUT2D eigenvalue weighted by atomic mass is 79.9. The normalized spacial score (nSPS) is 10.7. The van der Waals surface area contributed by atoms with Gasteiger partial charge in [0.2, 0.25) is 0 Å². The minimum atomic E-state index is -0.180. The zero-order valence-corrected chi connectivity index (χ0v) is 15.3. The fourth-order valence-corrected chi connectivity index (χ4v) is 3.16. The monoisotopic (exact) mass is 403 g/mol. The number of nitrogens with one attached hydrogen (secondary N) is 1. The Morgan fingerprint density at radius 2 is 1.77 bits per heavy atom. The van der Waals surface area contributed by atoms with Crippen LogP contribution < -0.4 is 5.32 Å². The van der Waals surface area contributed by atoms with Gasteiger partial charge in [-0.05, 0) is 52.3 Å². The second-order valence-corrected chi connectivity index (χ2v) is 6.60. The molecule has 0 aliphatic rings. The zero-order valence-electron chi connectivity index (χ0n) is 13.7. The number of halogens is 1. The number of hydrogen-bond donors (Lipinski definition) is 1. The van der Waals surface area contributed by atoms with Gasteiger partial charge in [0.1, 0.15) is 0 Å². The van der Waals surface area contributed by atoms with Crippen LogP contribution in [0.15, 0.2) is 83.6 Å². The quantitative estimate of drug-likeness (QED) is 0.504. The molecule has 0 spiro atoms. The van der Waals surface area contributed by atoms with Gasteiger partial charge in [-0.15, -0.1) is 0 Å². The van der Waals surface area contributed by atoms with E-state index in [4.69, 9.17) is 0 Å². The van der Waals surface area contributed by atoms with E-state index < -0.39 is 0 Å². The number of pyridine rings is 2. The molecule has 1 N–H and O–H groups in total. The molecular formula is C21H14BrN3O. The number of nitrogens with zero attached hydrogens (tertiary/aromatic N) is 2. The lowest BCUT2D eigenvalue weighted by molar-refractivity contribution is 0.102. The van der Waals surface area contributed by atoms with Crippen molar-refractivity contribution in [2.45, 2.75) is 0 Å². The smallest absolute Gasteiger partial charge is 0.256 e. The van der Waals surface area contributed by atoms with E-state index in [-0.39, 0.29) is 5.91 Å². The lowest BCUT2D eigenvalue weighted by atomic mass is 10.0. The molecule has 2 aromatic heterocycles. The van der Waals surface area contributed by atoms with Crippen LogP contribution in [0.3, 0.4) is 0 Å². The molecule has 0 atom stereocenters. The van der Waals surface area contributed by atoms with Gasteiger partial charge in [-0.2, -0.15) is 0 Å². The Morgan fingerprint density at radius 1 is 0.962 bits per heavy atom. The third kappa shape index (κ3) is 3.21. The molecular weight excluding hydrogens is 390 g/mol. The predicted octanol–water partition coefficient (Wildman–Crippen LogP) is 5.31. The van der Waals surface area contributed by atoms with Crippen LogP contribution in [0.25, 0.3) is 22.2 Å². The van der Waals surface area contributed by atoms with Crippen molar-refractivity contribution in [2.75, 3.05) is 5.32 Å². The van der Waals surface area contributed by atoms with Crippen molar-refractivity contribution < 1.29 is 4.79 Å². The molecule has 0 bridgehead atoms. The summed E-state index contributed by atoms with van der Waals surface area (Å²) in [5.74, 6) is -0.180. The molecule has 4 rings (SSSR count). The van der Waals surface area contributed by atoms with Gasteiger partial charge >= 0.3 is 0 Å². The molecule has 0 saturated heterocycles. The number of para-hydroxylation sites is 2. The molecule has 2 aromatic carbocycles. The number of aromatic nitrogens is 2. The van der Waals surface area contributed by atoms with Crippen LogP contribution in [-0.2, 0) is 0 Å². The molecule has 1 amide bonds.